The van der Waals surface area contributed by atoms with Crippen LogP contribution in [0.2, 0.25) is 0 Å². The second kappa shape index (κ2) is 9.57. The lowest BCUT2D eigenvalue weighted by Crippen LogP contribution is -2.26. The lowest BCUT2D eigenvalue weighted by molar-refractivity contribution is 0.111. The molecule has 0 heterocycles. The molecular formula is C19H23FN2OS. The minimum Gasteiger partial charge on any atom is -0.298 e. The zero-order chi connectivity index (χ0) is 17.4. The van der Waals surface area contributed by atoms with E-state index in [0.717, 1.165) is 16.4 Å². The predicted octanol–water partition coefficient (Wildman–Crippen LogP) is 4.52. The highest BCUT2D eigenvalue weighted by Gasteiger charge is 2.16. The van der Waals surface area contributed by atoms with Gasteiger partial charge in [0, 0.05) is 5.25 Å². The highest BCUT2D eigenvalue weighted by atomic mass is 32.2. The van der Waals surface area contributed by atoms with Crippen molar-refractivity contribution in [3.63, 3.8) is 0 Å². The van der Waals surface area contributed by atoms with Gasteiger partial charge in [0.1, 0.15) is 5.82 Å². The molecule has 0 saturated heterocycles. The summed E-state index contributed by atoms with van der Waals surface area (Å²) in [5.41, 5.74) is 5.58. The molecule has 3 nitrogen and oxygen atoms in total. The number of hydrogen-bond donors (Lipinski definition) is 2. The molecule has 2 aromatic carbocycles. The van der Waals surface area contributed by atoms with E-state index in [2.05, 4.69) is 10.3 Å². The number of carbonyl (C=O) groups is 1. The quantitative estimate of drug-likeness (QED) is 0.474. The SMILES string of the molecule is CNNSC1CCC1.Cc1c(-c2ccccc2)ccc(F)c1C=O. The van der Waals surface area contributed by atoms with Crippen LogP contribution < -0.4 is 10.3 Å². The Morgan fingerprint density at radius 3 is 2.42 bits per heavy atom. The second-order valence-corrected chi connectivity index (χ2v) is 6.75. The molecule has 1 aliphatic carbocycles. The summed E-state index contributed by atoms with van der Waals surface area (Å²) >= 11 is 1.80. The highest BCUT2D eigenvalue weighted by molar-refractivity contribution is 7.98. The van der Waals surface area contributed by atoms with Gasteiger partial charge >= 0.3 is 0 Å². The van der Waals surface area contributed by atoms with E-state index in [-0.39, 0.29) is 5.56 Å². The molecule has 0 unspecified atom stereocenters. The van der Waals surface area contributed by atoms with Gasteiger partial charge in [0.2, 0.25) is 0 Å². The summed E-state index contributed by atoms with van der Waals surface area (Å²) in [5.74, 6) is -0.466. The van der Waals surface area contributed by atoms with Gasteiger partial charge < -0.3 is 0 Å². The molecule has 0 aromatic heterocycles. The maximum Gasteiger partial charge on any atom is 0.153 e. The van der Waals surface area contributed by atoms with Crippen LogP contribution in [0.3, 0.4) is 0 Å². The third-order valence-electron chi connectivity index (χ3n) is 4.04. The average molecular weight is 346 g/mol. The zero-order valence-corrected chi connectivity index (χ0v) is 14.8. The minimum atomic E-state index is -0.466. The molecule has 0 amide bonds. The topological polar surface area (TPSA) is 41.1 Å². The summed E-state index contributed by atoms with van der Waals surface area (Å²) in [5, 5.41) is 0.877. The first-order valence-electron chi connectivity index (χ1n) is 8.04. The van der Waals surface area contributed by atoms with E-state index in [1.54, 1.807) is 24.9 Å². The molecule has 0 aliphatic heterocycles. The number of hydrazine groups is 1. The van der Waals surface area contributed by atoms with Gasteiger partial charge in [-0.05, 0) is 49.6 Å². The summed E-state index contributed by atoms with van der Waals surface area (Å²) in [6.45, 7) is 1.76. The van der Waals surface area contributed by atoms with Gasteiger partial charge in [0.15, 0.2) is 6.29 Å². The van der Waals surface area contributed by atoms with Crippen LogP contribution in [0.1, 0.15) is 35.2 Å². The van der Waals surface area contributed by atoms with Crippen LogP contribution in [0.5, 0.6) is 0 Å². The number of rotatable bonds is 5. The number of carbonyl (C=O) groups excluding carboxylic acids is 1. The molecule has 1 aliphatic rings. The third kappa shape index (κ3) is 4.90. The molecule has 24 heavy (non-hydrogen) atoms. The van der Waals surface area contributed by atoms with Crippen LogP contribution in [0.4, 0.5) is 4.39 Å². The predicted molar refractivity (Wildman–Crippen MR) is 99.4 cm³/mol. The summed E-state index contributed by atoms with van der Waals surface area (Å²) in [7, 11) is 1.89. The van der Waals surface area contributed by atoms with Crippen LogP contribution in [0, 0.1) is 12.7 Å². The van der Waals surface area contributed by atoms with Crippen LogP contribution in [-0.2, 0) is 0 Å². The van der Waals surface area contributed by atoms with Crippen molar-refractivity contribution in [1.29, 1.82) is 0 Å². The number of hydrogen-bond acceptors (Lipinski definition) is 4. The van der Waals surface area contributed by atoms with Crippen molar-refractivity contribution in [2.24, 2.45) is 0 Å². The Balaban J connectivity index is 0.000000219. The molecule has 0 bridgehead atoms. The zero-order valence-electron chi connectivity index (χ0n) is 14.0. The standard InChI is InChI=1S/C14H11FO.C5H12N2S/c1-10-12(11-5-3-2-4-6-11)7-8-14(15)13(10)9-16;1-6-7-8-5-3-2-4-5/h2-9H,1H3;5-7H,2-4H2,1H3. The summed E-state index contributed by atoms with van der Waals surface area (Å²) < 4.78 is 13.3. The Hall–Kier alpha value is -1.69. The number of halogens is 1. The summed E-state index contributed by atoms with van der Waals surface area (Å²) in [6, 6.07) is 12.7. The molecule has 1 saturated carbocycles. The Morgan fingerprint density at radius 1 is 1.17 bits per heavy atom. The molecule has 0 spiro atoms. The summed E-state index contributed by atoms with van der Waals surface area (Å²) in [6.07, 6.45) is 4.76. The van der Waals surface area contributed by atoms with Gasteiger partial charge in [-0.15, -0.1) is 0 Å². The normalized spacial score (nSPS) is 13.6. The van der Waals surface area contributed by atoms with Gasteiger partial charge in [-0.3, -0.25) is 10.2 Å². The lowest BCUT2D eigenvalue weighted by atomic mass is 9.97. The molecule has 0 radical (unpaired) electrons. The second-order valence-electron chi connectivity index (χ2n) is 5.64. The van der Waals surface area contributed by atoms with Crippen molar-refractivity contribution in [3.8, 4) is 11.1 Å². The van der Waals surface area contributed by atoms with Gasteiger partial charge in [0.25, 0.3) is 0 Å². The molecule has 5 heteroatoms. The van der Waals surface area contributed by atoms with Crippen molar-refractivity contribution >= 4 is 18.2 Å². The highest BCUT2D eigenvalue weighted by Crippen LogP contribution is 2.28. The molecule has 2 N–H and O–H groups in total. The minimum absolute atomic E-state index is 0.140. The first-order chi connectivity index (χ1) is 11.7. The number of aldehydes is 1. The van der Waals surface area contributed by atoms with Crippen molar-refractivity contribution in [2.45, 2.75) is 31.4 Å². The molecule has 1 fully saturated rings. The molecule has 128 valence electrons. The fraction of sp³-hybridized carbons (Fsp3) is 0.316. The number of nitrogens with one attached hydrogen (secondary N) is 2. The van der Waals surface area contributed by atoms with E-state index in [1.165, 1.54) is 25.3 Å². The monoisotopic (exact) mass is 346 g/mol. The maximum atomic E-state index is 13.3. The van der Waals surface area contributed by atoms with Gasteiger partial charge in [0.05, 0.1) is 5.56 Å². The summed E-state index contributed by atoms with van der Waals surface area (Å²) in [4.78, 5) is 13.8. The molecule has 3 rings (SSSR count). The largest absolute Gasteiger partial charge is 0.298 e. The fourth-order valence-electron chi connectivity index (χ4n) is 2.40. The van der Waals surface area contributed by atoms with Crippen molar-refractivity contribution in [2.75, 3.05) is 7.05 Å². The first kappa shape index (κ1) is 18.6. The van der Waals surface area contributed by atoms with E-state index in [0.29, 0.717) is 11.8 Å². The Labute approximate surface area is 147 Å². The van der Waals surface area contributed by atoms with E-state index >= 15 is 0 Å². The Kier molecular flexibility index (Phi) is 7.43. The third-order valence-corrected chi connectivity index (χ3v) is 5.17. The molecule has 0 atom stereocenters. The fourth-order valence-corrected chi connectivity index (χ4v) is 3.26. The van der Waals surface area contributed by atoms with E-state index < -0.39 is 5.82 Å². The Bertz CT molecular complexity index is 660. The molecule has 2 aromatic rings. The van der Waals surface area contributed by atoms with E-state index in [1.807, 2.05) is 37.4 Å². The first-order valence-corrected chi connectivity index (χ1v) is 8.92. The van der Waals surface area contributed by atoms with Crippen LogP contribution in [-0.4, -0.2) is 18.6 Å². The van der Waals surface area contributed by atoms with Gasteiger partial charge in [-0.25, -0.2) is 9.22 Å². The van der Waals surface area contributed by atoms with E-state index in [4.69, 9.17) is 0 Å². The smallest absolute Gasteiger partial charge is 0.153 e. The maximum absolute atomic E-state index is 13.3. The average Bonchev–Trinajstić information content (AvgIpc) is 2.56. The van der Waals surface area contributed by atoms with Gasteiger partial charge in [-0.1, -0.05) is 54.8 Å². The molecular weight excluding hydrogens is 323 g/mol. The van der Waals surface area contributed by atoms with Crippen LogP contribution >= 0.6 is 11.9 Å². The number of benzene rings is 2. The van der Waals surface area contributed by atoms with E-state index in [9.17, 15) is 9.18 Å². The van der Waals surface area contributed by atoms with Crippen molar-refractivity contribution in [3.05, 3.63) is 59.4 Å². The van der Waals surface area contributed by atoms with Crippen molar-refractivity contribution in [1.82, 2.24) is 10.3 Å². The van der Waals surface area contributed by atoms with Crippen LogP contribution in [0.15, 0.2) is 42.5 Å². The van der Waals surface area contributed by atoms with Crippen LogP contribution in [0.25, 0.3) is 11.1 Å². The lowest BCUT2D eigenvalue weighted by Gasteiger charge is -2.23. The van der Waals surface area contributed by atoms with Crippen molar-refractivity contribution < 1.29 is 9.18 Å². The Morgan fingerprint density at radius 2 is 1.88 bits per heavy atom. The van der Waals surface area contributed by atoms with Gasteiger partial charge in [-0.2, -0.15) is 0 Å².